The largest absolute Gasteiger partial charge is 0.416 e. The first kappa shape index (κ1) is 23.9. The van der Waals surface area contributed by atoms with E-state index >= 15 is 0 Å². The predicted molar refractivity (Wildman–Crippen MR) is 113 cm³/mol. The second-order valence-electron chi connectivity index (χ2n) is 8.66. The number of aryl methyl sites for hydroxylation is 1. The molecule has 1 fully saturated rings. The van der Waals surface area contributed by atoms with Gasteiger partial charge in [-0.3, -0.25) is 9.25 Å². The SMILES string of the molecule is Cc1nn(-c2cc(C(F)(F)F)cc(N3CCC(F)(F)CC3)n2)c(=O)n1Cc1cnn(C(C)C)c1. The number of piperidine rings is 1. The fourth-order valence-corrected chi connectivity index (χ4v) is 3.75. The summed E-state index contributed by atoms with van der Waals surface area (Å²) in [5, 5.41) is 8.35. The summed E-state index contributed by atoms with van der Waals surface area (Å²) in [6.07, 6.45) is -2.31. The van der Waals surface area contributed by atoms with E-state index < -0.39 is 36.2 Å². The lowest BCUT2D eigenvalue weighted by atomic mass is 10.1. The van der Waals surface area contributed by atoms with E-state index in [1.807, 2.05) is 13.8 Å². The molecule has 0 aromatic carbocycles. The minimum Gasteiger partial charge on any atom is -0.356 e. The Morgan fingerprint density at radius 1 is 1.12 bits per heavy atom. The molecule has 3 aromatic heterocycles. The zero-order valence-corrected chi connectivity index (χ0v) is 18.9. The molecule has 0 atom stereocenters. The van der Waals surface area contributed by atoms with Crippen molar-refractivity contribution in [2.45, 2.75) is 58.3 Å². The Labute approximate surface area is 191 Å². The molecule has 0 N–H and O–H groups in total. The van der Waals surface area contributed by atoms with Crippen LogP contribution < -0.4 is 10.6 Å². The van der Waals surface area contributed by atoms with Gasteiger partial charge in [0, 0.05) is 43.7 Å². The Morgan fingerprint density at radius 2 is 1.76 bits per heavy atom. The van der Waals surface area contributed by atoms with Crippen LogP contribution in [0.3, 0.4) is 0 Å². The third kappa shape index (κ3) is 4.82. The minimum atomic E-state index is -4.72. The van der Waals surface area contributed by atoms with Crippen molar-refractivity contribution in [1.29, 1.82) is 0 Å². The third-order valence-corrected chi connectivity index (χ3v) is 5.73. The average Bonchev–Trinajstić information content (AvgIpc) is 3.33. The molecule has 0 unspecified atom stereocenters. The fourth-order valence-electron chi connectivity index (χ4n) is 3.75. The van der Waals surface area contributed by atoms with E-state index in [2.05, 4.69) is 15.2 Å². The van der Waals surface area contributed by atoms with Crippen molar-refractivity contribution in [3.05, 3.63) is 52.0 Å². The summed E-state index contributed by atoms with van der Waals surface area (Å²) in [5.74, 6) is -3.04. The smallest absolute Gasteiger partial charge is 0.356 e. The number of alkyl halides is 5. The molecule has 0 spiro atoms. The van der Waals surface area contributed by atoms with Gasteiger partial charge in [-0.15, -0.1) is 5.10 Å². The number of hydrogen-bond donors (Lipinski definition) is 0. The number of nitrogens with zero attached hydrogens (tertiary/aromatic N) is 7. The van der Waals surface area contributed by atoms with E-state index in [-0.39, 0.29) is 43.1 Å². The molecule has 4 heterocycles. The van der Waals surface area contributed by atoms with E-state index in [9.17, 15) is 26.7 Å². The highest BCUT2D eigenvalue weighted by Crippen LogP contribution is 2.35. The topological polar surface area (TPSA) is 73.8 Å². The van der Waals surface area contributed by atoms with Crippen LogP contribution in [0.5, 0.6) is 0 Å². The van der Waals surface area contributed by atoms with E-state index in [0.29, 0.717) is 0 Å². The van der Waals surface area contributed by atoms with Crippen molar-refractivity contribution in [1.82, 2.24) is 29.1 Å². The summed E-state index contributed by atoms with van der Waals surface area (Å²) < 4.78 is 71.7. The van der Waals surface area contributed by atoms with Crippen molar-refractivity contribution in [3.8, 4) is 5.82 Å². The number of halogens is 5. The predicted octanol–water partition coefficient (Wildman–Crippen LogP) is 3.82. The highest BCUT2D eigenvalue weighted by Gasteiger charge is 2.37. The summed E-state index contributed by atoms with van der Waals surface area (Å²) in [4.78, 5) is 18.6. The maximum absolute atomic E-state index is 13.6. The zero-order chi connectivity index (χ0) is 24.8. The maximum atomic E-state index is 13.6. The number of aromatic nitrogens is 6. The van der Waals surface area contributed by atoms with Crippen LogP contribution in [-0.4, -0.2) is 48.1 Å². The number of anilines is 1. The first-order valence-electron chi connectivity index (χ1n) is 10.8. The molecule has 1 aliphatic rings. The molecule has 4 rings (SSSR count). The first-order valence-corrected chi connectivity index (χ1v) is 10.8. The van der Waals surface area contributed by atoms with Gasteiger partial charge in [-0.1, -0.05) is 0 Å². The van der Waals surface area contributed by atoms with Crippen LogP contribution in [0.1, 0.15) is 49.7 Å². The van der Waals surface area contributed by atoms with Gasteiger partial charge in [-0.05, 0) is 32.9 Å². The van der Waals surface area contributed by atoms with Gasteiger partial charge in [0.15, 0.2) is 5.82 Å². The molecular weight excluding hydrogens is 461 g/mol. The Morgan fingerprint density at radius 3 is 2.35 bits per heavy atom. The normalized spacial score (nSPS) is 16.4. The molecule has 0 radical (unpaired) electrons. The van der Waals surface area contributed by atoms with Gasteiger partial charge in [0.1, 0.15) is 11.6 Å². The molecule has 8 nitrogen and oxygen atoms in total. The lowest BCUT2D eigenvalue weighted by Crippen LogP contribution is -2.40. The van der Waals surface area contributed by atoms with E-state index in [1.165, 1.54) is 9.47 Å². The van der Waals surface area contributed by atoms with Crippen molar-refractivity contribution in [2.75, 3.05) is 18.0 Å². The molecule has 13 heteroatoms. The second kappa shape index (κ2) is 8.51. The van der Waals surface area contributed by atoms with Crippen LogP contribution in [0.15, 0.2) is 29.3 Å². The molecule has 3 aromatic rings. The number of pyridine rings is 1. The first-order chi connectivity index (χ1) is 15.8. The van der Waals surface area contributed by atoms with Crippen molar-refractivity contribution in [3.63, 3.8) is 0 Å². The van der Waals surface area contributed by atoms with Crippen molar-refractivity contribution in [2.24, 2.45) is 0 Å². The third-order valence-electron chi connectivity index (χ3n) is 5.73. The van der Waals surface area contributed by atoms with Gasteiger partial charge in [0.25, 0.3) is 5.92 Å². The van der Waals surface area contributed by atoms with E-state index in [1.54, 1.807) is 24.0 Å². The van der Waals surface area contributed by atoms with Gasteiger partial charge in [0.05, 0.1) is 18.3 Å². The summed E-state index contributed by atoms with van der Waals surface area (Å²) in [6, 6.07) is 1.66. The van der Waals surface area contributed by atoms with Crippen molar-refractivity contribution < 1.29 is 22.0 Å². The summed E-state index contributed by atoms with van der Waals surface area (Å²) in [6.45, 7) is 5.29. The molecule has 1 aliphatic heterocycles. The standard InChI is InChI=1S/C21H24F5N7O/c1-13(2)32-12-15(10-27-32)11-31-14(3)29-33(19(31)34)18-9-16(21(24,25)26)8-17(28-18)30-6-4-20(22,23)5-7-30/h8-10,12-13H,4-7,11H2,1-3H3. The van der Waals surface area contributed by atoms with Gasteiger partial charge in [-0.25, -0.2) is 18.6 Å². The summed E-state index contributed by atoms with van der Waals surface area (Å²) >= 11 is 0. The lowest BCUT2D eigenvalue weighted by Gasteiger charge is -2.33. The van der Waals surface area contributed by atoms with Gasteiger partial charge < -0.3 is 4.90 Å². The molecule has 0 amide bonds. The Bertz CT molecular complexity index is 1230. The quantitative estimate of drug-likeness (QED) is 0.514. The van der Waals surface area contributed by atoms with Crippen LogP contribution in [-0.2, 0) is 12.7 Å². The molecule has 34 heavy (non-hydrogen) atoms. The van der Waals surface area contributed by atoms with Gasteiger partial charge >= 0.3 is 11.9 Å². The summed E-state index contributed by atoms with van der Waals surface area (Å²) in [7, 11) is 0. The van der Waals surface area contributed by atoms with Crippen LogP contribution in [0, 0.1) is 6.92 Å². The molecule has 1 saturated heterocycles. The Balaban J connectivity index is 1.72. The van der Waals surface area contributed by atoms with Crippen LogP contribution in [0.25, 0.3) is 5.82 Å². The van der Waals surface area contributed by atoms with Crippen LogP contribution >= 0.6 is 0 Å². The molecular formula is C21H24F5N7O. The minimum absolute atomic E-state index is 0.122. The Hall–Kier alpha value is -3.25. The zero-order valence-electron chi connectivity index (χ0n) is 18.9. The van der Waals surface area contributed by atoms with Gasteiger partial charge in [0.2, 0.25) is 0 Å². The monoisotopic (exact) mass is 485 g/mol. The molecule has 184 valence electrons. The van der Waals surface area contributed by atoms with E-state index in [4.69, 9.17) is 0 Å². The second-order valence-corrected chi connectivity index (χ2v) is 8.66. The highest BCUT2D eigenvalue weighted by atomic mass is 19.4. The number of hydrogen-bond acceptors (Lipinski definition) is 5. The molecule has 0 saturated carbocycles. The highest BCUT2D eigenvalue weighted by molar-refractivity contribution is 5.47. The summed E-state index contributed by atoms with van der Waals surface area (Å²) in [5.41, 5.74) is -0.981. The molecule has 0 bridgehead atoms. The maximum Gasteiger partial charge on any atom is 0.416 e. The van der Waals surface area contributed by atoms with Crippen molar-refractivity contribution >= 4 is 5.82 Å². The van der Waals surface area contributed by atoms with Crippen LogP contribution in [0.2, 0.25) is 0 Å². The van der Waals surface area contributed by atoms with Gasteiger partial charge in [-0.2, -0.15) is 23.0 Å². The lowest BCUT2D eigenvalue weighted by molar-refractivity contribution is -0.137. The van der Waals surface area contributed by atoms with Crippen LogP contribution in [0.4, 0.5) is 27.8 Å². The number of rotatable bonds is 5. The Kier molecular flexibility index (Phi) is 5.98. The van der Waals surface area contributed by atoms with E-state index in [0.717, 1.165) is 22.4 Å². The average molecular weight is 485 g/mol. The fraction of sp³-hybridized carbons (Fsp3) is 0.524. The molecule has 0 aliphatic carbocycles.